The minimum atomic E-state index is -0.133. The summed E-state index contributed by atoms with van der Waals surface area (Å²) in [5.41, 5.74) is 1.76. The summed E-state index contributed by atoms with van der Waals surface area (Å²) < 4.78 is 11.2. The number of amides is 1. The summed E-state index contributed by atoms with van der Waals surface area (Å²) in [6.07, 6.45) is 5.60. The zero-order valence-electron chi connectivity index (χ0n) is 13.0. The van der Waals surface area contributed by atoms with Gasteiger partial charge in [0.05, 0.1) is 10.6 Å². The van der Waals surface area contributed by atoms with Gasteiger partial charge < -0.3 is 9.47 Å². The van der Waals surface area contributed by atoms with E-state index in [9.17, 15) is 4.79 Å². The summed E-state index contributed by atoms with van der Waals surface area (Å²) in [4.78, 5) is 14.8. The molecule has 1 fully saturated rings. The van der Waals surface area contributed by atoms with E-state index in [-0.39, 0.29) is 12.7 Å². The smallest absolute Gasteiger partial charge is 0.270 e. The summed E-state index contributed by atoms with van der Waals surface area (Å²) in [5, 5.41) is 0. The van der Waals surface area contributed by atoms with Crippen LogP contribution in [0.5, 0.6) is 11.5 Å². The van der Waals surface area contributed by atoms with Crippen LogP contribution >= 0.6 is 24.0 Å². The van der Waals surface area contributed by atoms with Gasteiger partial charge in [-0.3, -0.25) is 9.69 Å². The Morgan fingerprint density at radius 3 is 2.72 bits per heavy atom. The summed E-state index contributed by atoms with van der Waals surface area (Å²) in [6.45, 7) is 0.196. The predicted octanol–water partition coefficient (Wildman–Crippen LogP) is 4.38. The van der Waals surface area contributed by atoms with Crippen molar-refractivity contribution in [1.29, 1.82) is 0 Å². The Kier molecular flexibility index (Phi) is 4.29. The molecule has 2 aliphatic rings. The molecule has 0 atom stereocenters. The first-order chi connectivity index (χ1) is 12.2. The number of rotatable bonds is 3. The Hall–Kier alpha value is -2.57. The minimum Gasteiger partial charge on any atom is -0.454 e. The Morgan fingerprint density at radius 1 is 1.08 bits per heavy atom. The van der Waals surface area contributed by atoms with Gasteiger partial charge in [-0.1, -0.05) is 66.5 Å². The van der Waals surface area contributed by atoms with E-state index in [2.05, 4.69) is 0 Å². The van der Waals surface area contributed by atoms with Crippen molar-refractivity contribution in [2.75, 3.05) is 11.7 Å². The van der Waals surface area contributed by atoms with E-state index in [1.165, 1.54) is 16.7 Å². The number of thioether (sulfide) groups is 1. The lowest BCUT2D eigenvalue weighted by atomic mass is 10.2. The molecule has 2 aliphatic heterocycles. The molecule has 0 saturated carbocycles. The first kappa shape index (κ1) is 15.9. The van der Waals surface area contributed by atoms with E-state index in [1.54, 1.807) is 24.3 Å². The Labute approximate surface area is 154 Å². The van der Waals surface area contributed by atoms with Gasteiger partial charge >= 0.3 is 0 Å². The highest BCUT2D eigenvalue weighted by molar-refractivity contribution is 8.27. The molecule has 2 aromatic carbocycles. The van der Waals surface area contributed by atoms with Crippen LogP contribution in [0, 0.1) is 0 Å². The number of hydrogen-bond donors (Lipinski definition) is 0. The number of anilines is 1. The largest absolute Gasteiger partial charge is 0.454 e. The molecular formula is C19H13NO3S2. The average Bonchev–Trinajstić information content (AvgIpc) is 3.20. The first-order valence-corrected chi connectivity index (χ1v) is 8.84. The van der Waals surface area contributed by atoms with Gasteiger partial charge in [-0.15, -0.1) is 0 Å². The van der Waals surface area contributed by atoms with Gasteiger partial charge in [0.2, 0.25) is 6.79 Å². The number of fused-ring (bicyclic) bond motifs is 1. The summed E-state index contributed by atoms with van der Waals surface area (Å²) >= 11 is 6.67. The van der Waals surface area contributed by atoms with E-state index in [0.717, 1.165) is 5.56 Å². The van der Waals surface area contributed by atoms with Crippen molar-refractivity contribution in [1.82, 2.24) is 0 Å². The van der Waals surface area contributed by atoms with Crippen molar-refractivity contribution in [2.24, 2.45) is 0 Å². The molecule has 0 spiro atoms. The Balaban J connectivity index is 1.56. The number of benzene rings is 2. The van der Waals surface area contributed by atoms with Gasteiger partial charge in [0.15, 0.2) is 15.8 Å². The Morgan fingerprint density at radius 2 is 1.88 bits per heavy atom. The number of ether oxygens (including phenoxy) is 2. The van der Waals surface area contributed by atoms with Gasteiger partial charge in [-0.2, -0.15) is 0 Å². The molecule has 0 aromatic heterocycles. The fourth-order valence-electron chi connectivity index (χ4n) is 2.54. The van der Waals surface area contributed by atoms with Crippen LogP contribution in [0.25, 0.3) is 6.08 Å². The predicted molar refractivity (Wildman–Crippen MR) is 104 cm³/mol. The zero-order chi connectivity index (χ0) is 17.2. The molecule has 2 heterocycles. The van der Waals surface area contributed by atoms with Crippen LogP contribution in [0.2, 0.25) is 0 Å². The van der Waals surface area contributed by atoms with E-state index in [4.69, 9.17) is 21.7 Å². The SMILES string of the molecule is O=C1/C(=C/C=C\c2ccccc2)SC(=S)N1c1ccc2c(c1)OCO2. The number of carbonyl (C=O) groups excluding carboxylic acids is 1. The van der Waals surface area contributed by atoms with Crippen LogP contribution in [0.15, 0.2) is 65.6 Å². The van der Waals surface area contributed by atoms with Crippen LogP contribution in [-0.2, 0) is 4.79 Å². The van der Waals surface area contributed by atoms with Crippen LogP contribution < -0.4 is 14.4 Å². The fraction of sp³-hybridized carbons (Fsp3) is 0.0526. The molecule has 0 radical (unpaired) electrons. The zero-order valence-corrected chi connectivity index (χ0v) is 14.7. The molecule has 1 saturated heterocycles. The highest BCUT2D eigenvalue weighted by atomic mass is 32.2. The summed E-state index contributed by atoms with van der Waals surface area (Å²) in [5.74, 6) is 1.17. The third-order valence-electron chi connectivity index (χ3n) is 3.74. The molecule has 4 rings (SSSR count). The van der Waals surface area contributed by atoms with Gasteiger partial charge in [-0.05, 0) is 23.8 Å². The van der Waals surface area contributed by atoms with Crippen molar-refractivity contribution in [3.05, 3.63) is 71.2 Å². The highest BCUT2D eigenvalue weighted by Crippen LogP contribution is 2.40. The average molecular weight is 367 g/mol. The second-order valence-corrected chi connectivity index (χ2v) is 7.02. The van der Waals surface area contributed by atoms with Crippen LogP contribution in [0.1, 0.15) is 5.56 Å². The maximum absolute atomic E-state index is 12.7. The fourth-order valence-corrected chi connectivity index (χ4v) is 3.79. The molecule has 0 bridgehead atoms. The van der Waals surface area contributed by atoms with Gasteiger partial charge in [-0.25, -0.2) is 0 Å². The molecular weight excluding hydrogens is 354 g/mol. The lowest BCUT2D eigenvalue weighted by Gasteiger charge is -2.14. The normalized spacial score (nSPS) is 17.9. The van der Waals surface area contributed by atoms with Crippen LogP contribution in [0.4, 0.5) is 5.69 Å². The summed E-state index contributed by atoms with van der Waals surface area (Å²) in [7, 11) is 0. The standard InChI is InChI=1S/C19H13NO3S2/c21-18-17(8-4-7-13-5-2-1-3-6-13)25-19(24)20(18)14-9-10-15-16(11-14)23-12-22-15/h1-11H,12H2/b7-4-,17-8-. The number of nitrogens with zero attached hydrogens (tertiary/aromatic N) is 1. The molecule has 6 heteroatoms. The van der Waals surface area contributed by atoms with E-state index in [1.807, 2.05) is 42.5 Å². The molecule has 0 unspecified atom stereocenters. The monoisotopic (exact) mass is 367 g/mol. The Bertz CT molecular complexity index is 906. The van der Waals surface area contributed by atoms with Crippen molar-refractivity contribution in [2.45, 2.75) is 0 Å². The third-order valence-corrected chi connectivity index (χ3v) is 5.06. The maximum Gasteiger partial charge on any atom is 0.270 e. The lowest BCUT2D eigenvalue weighted by molar-refractivity contribution is -0.113. The van der Waals surface area contributed by atoms with Crippen LogP contribution in [0.3, 0.4) is 0 Å². The minimum absolute atomic E-state index is 0.133. The van der Waals surface area contributed by atoms with Gasteiger partial charge in [0.25, 0.3) is 5.91 Å². The third kappa shape index (κ3) is 3.18. The maximum atomic E-state index is 12.7. The van der Waals surface area contributed by atoms with Crippen molar-refractivity contribution in [3.8, 4) is 11.5 Å². The van der Waals surface area contributed by atoms with E-state index >= 15 is 0 Å². The number of thiocarbonyl (C=S) groups is 1. The first-order valence-electron chi connectivity index (χ1n) is 7.62. The van der Waals surface area contributed by atoms with Gasteiger partial charge in [0, 0.05) is 6.07 Å². The molecule has 0 aliphatic carbocycles. The number of allylic oxidation sites excluding steroid dienone is 2. The second kappa shape index (κ2) is 6.74. The molecule has 0 N–H and O–H groups in total. The topological polar surface area (TPSA) is 38.8 Å². The summed E-state index contributed by atoms with van der Waals surface area (Å²) in [6, 6.07) is 15.3. The van der Waals surface area contributed by atoms with Gasteiger partial charge in [0.1, 0.15) is 0 Å². The van der Waals surface area contributed by atoms with E-state index in [0.29, 0.717) is 26.4 Å². The molecule has 124 valence electrons. The van der Waals surface area contributed by atoms with Crippen molar-refractivity contribution >= 4 is 46.0 Å². The van der Waals surface area contributed by atoms with Crippen molar-refractivity contribution < 1.29 is 14.3 Å². The van der Waals surface area contributed by atoms with E-state index < -0.39 is 0 Å². The quantitative estimate of drug-likeness (QED) is 0.595. The molecule has 1 amide bonds. The molecule has 4 nitrogen and oxygen atoms in total. The number of hydrogen-bond acceptors (Lipinski definition) is 5. The van der Waals surface area contributed by atoms with Crippen LogP contribution in [-0.4, -0.2) is 17.0 Å². The van der Waals surface area contributed by atoms with Crippen molar-refractivity contribution in [3.63, 3.8) is 0 Å². The number of carbonyl (C=O) groups is 1. The molecule has 25 heavy (non-hydrogen) atoms. The second-order valence-electron chi connectivity index (χ2n) is 5.35. The molecule has 2 aromatic rings. The highest BCUT2D eigenvalue weighted by Gasteiger charge is 2.33. The lowest BCUT2D eigenvalue weighted by Crippen LogP contribution is -2.27.